The number of hydrogen-bond acceptors (Lipinski definition) is 6. The topological polar surface area (TPSA) is 55.4 Å². The summed E-state index contributed by atoms with van der Waals surface area (Å²) in [5, 5.41) is 0. The van der Waals surface area contributed by atoms with Crippen molar-refractivity contribution in [3.8, 4) is 0 Å². The minimum atomic E-state index is 0.0694. The van der Waals surface area contributed by atoms with Gasteiger partial charge in [-0.15, -0.1) is 0 Å². The van der Waals surface area contributed by atoms with E-state index >= 15 is 0 Å². The van der Waals surface area contributed by atoms with Crippen molar-refractivity contribution in [1.82, 2.24) is 0 Å². The summed E-state index contributed by atoms with van der Waals surface area (Å²) in [7, 11) is 10.0. The van der Waals surface area contributed by atoms with Crippen LogP contribution in [0.4, 0.5) is 0 Å². The van der Waals surface area contributed by atoms with Crippen LogP contribution in [0.1, 0.15) is 12.8 Å². The summed E-state index contributed by atoms with van der Waals surface area (Å²) in [4.78, 5) is 0. The molecule has 0 amide bonds. The summed E-state index contributed by atoms with van der Waals surface area (Å²) in [6.07, 6.45) is 2.22. The predicted octanol–water partition coefficient (Wildman–Crippen LogP) is 1.37. The first-order valence-corrected chi connectivity index (χ1v) is 6.71. The van der Waals surface area contributed by atoms with Crippen molar-refractivity contribution in [3.63, 3.8) is 0 Å². The first-order valence-electron chi connectivity index (χ1n) is 6.71. The Morgan fingerprint density at radius 3 is 1.20 bits per heavy atom. The molecule has 0 radical (unpaired) electrons. The highest BCUT2D eigenvalue weighted by Crippen LogP contribution is 2.02. The molecule has 6 nitrogen and oxygen atoms in total. The fraction of sp³-hybridized carbons (Fsp3) is 1.00. The third-order valence-electron chi connectivity index (χ3n) is 2.66. The van der Waals surface area contributed by atoms with Gasteiger partial charge in [-0.25, -0.2) is 0 Å². The van der Waals surface area contributed by atoms with Gasteiger partial charge >= 0.3 is 0 Å². The molecule has 0 N–H and O–H groups in total. The van der Waals surface area contributed by atoms with Gasteiger partial charge in [0.05, 0.1) is 19.3 Å². The number of hydrogen-bond donors (Lipinski definition) is 0. The second kappa shape index (κ2) is 18.8. The van der Waals surface area contributed by atoms with E-state index in [1.807, 2.05) is 0 Å². The summed E-state index contributed by atoms with van der Waals surface area (Å²) in [6.45, 7) is 2.68. The molecular formula is C14H32O6. The van der Waals surface area contributed by atoms with Gasteiger partial charge in [-0.2, -0.15) is 0 Å². The van der Waals surface area contributed by atoms with E-state index in [0.717, 1.165) is 26.1 Å². The van der Waals surface area contributed by atoms with Gasteiger partial charge in [0.15, 0.2) is 0 Å². The van der Waals surface area contributed by atoms with Gasteiger partial charge in [0.2, 0.25) is 0 Å². The van der Waals surface area contributed by atoms with Crippen LogP contribution in [0.25, 0.3) is 0 Å². The molecule has 0 bridgehead atoms. The lowest BCUT2D eigenvalue weighted by Crippen LogP contribution is -2.22. The maximum atomic E-state index is 5.19. The van der Waals surface area contributed by atoms with E-state index in [4.69, 9.17) is 28.4 Å². The van der Waals surface area contributed by atoms with Crippen LogP contribution in [0, 0.1) is 0 Å². The molecule has 0 fully saturated rings. The molecule has 0 aromatic rings. The zero-order chi connectivity index (χ0) is 15.6. The molecule has 6 heteroatoms. The molecule has 0 aliphatic heterocycles. The maximum Gasteiger partial charge on any atom is 0.104 e. The van der Waals surface area contributed by atoms with Gasteiger partial charge in [0.25, 0.3) is 0 Å². The molecule has 20 heavy (non-hydrogen) atoms. The maximum absolute atomic E-state index is 5.19. The molecule has 0 aliphatic carbocycles. The molecular weight excluding hydrogens is 264 g/mol. The zero-order valence-corrected chi connectivity index (χ0v) is 13.8. The SMILES string of the molecule is COCC(COC)OC.COCCC(CCOC)OC. The van der Waals surface area contributed by atoms with E-state index in [1.165, 1.54) is 0 Å². The van der Waals surface area contributed by atoms with Crippen molar-refractivity contribution >= 4 is 0 Å². The zero-order valence-electron chi connectivity index (χ0n) is 13.8. The molecule has 0 spiro atoms. The highest BCUT2D eigenvalue weighted by atomic mass is 16.5. The molecule has 0 heterocycles. The number of ether oxygens (including phenoxy) is 6. The first kappa shape index (κ1) is 22.0. The van der Waals surface area contributed by atoms with Crippen LogP contribution < -0.4 is 0 Å². The van der Waals surface area contributed by atoms with E-state index in [2.05, 4.69) is 0 Å². The molecule has 0 aromatic heterocycles. The van der Waals surface area contributed by atoms with Crippen molar-refractivity contribution < 1.29 is 28.4 Å². The van der Waals surface area contributed by atoms with Crippen molar-refractivity contribution in [2.24, 2.45) is 0 Å². The summed E-state index contributed by atoms with van der Waals surface area (Å²) < 4.78 is 29.7. The Kier molecular flexibility index (Phi) is 20.7. The summed E-state index contributed by atoms with van der Waals surface area (Å²) in [6, 6.07) is 0. The van der Waals surface area contributed by atoms with Crippen molar-refractivity contribution in [2.75, 3.05) is 69.1 Å². The quantitative estimate of drug-likeness (QED) is 0.542. The Hall–Kier alpha value is -0.240. The average Bonchev–Trinajstić information content (AvgIpc) is 2.48. The van der Waals surface area contributed by atoms with Gasteiger partial charge in [-0.1, -0.05) is 0 Å². The van der Waals surface area contributed by atoms with Crippen LogP contribution in [0.5, 0.6) is 0 Å². The average molecular weight is 296 g/mol. The Morgan fingerprint density at radius 2 is 0.950 bits per heavy atom. The Labute approximate surface area is 123 Å². The van der Waals surface area contributed by atoms with Gasteiger partial charge in [0, 0.05) is 55.9 Å². The van der Waals surface area contributed by atoms with Crippen LogP contribution in [0.2, 0.25) is 0 Å². The summed E-state index contributed by atoms with van der Waals surface area (Å²) >= 11 is 0. The fourth-order valence-electron chi connectivity index (χ4n) is 1.43. The lowest BCUT2D eigenvalue weighted by molar-refractivity contribution is -0.0178. The van der Waals surface area contributed by atoms with Crippen LogP contribution in [0.3, 0.4) is 0 Å². The number of methoxy groups -OCH3 is 6. The highest BCUT2D eigenvalue weighted by Gasteiger charge is 2.05. The van der Waals surface area contributed by atoms with Crippen LogP contribution in [0.15, 0.2) is 0 Å². The molecule has 124 valence electrons. The Balaban J connectivity index is 0. The fourth-order valence-corrected chi connectivity index (χ4v) is 1.43. The summed E-state index contributed by atoms with van der Waals surface area (Å²) in [5.74, 6) is 0. The van der Waals surface area contributed by atoms with Crippen molar-refractivity contribution in [2.45, 2.75) is 25.0 Å². The normalized spacial score (nSPS) is 10.8. The standard InChI is InChI=1S/C8H18O3.C6H14O3/c1-9-6-4-8(11-3)5-7-10-2;1-7-4-6(9-3)5-8-2/h8H,4-7H2,1-3H3;6H,4-5H2,1-3H3. The van der Waals surface area contributed by atoms with Gasteiger partial charge in [0.1, 0.15) is 6.10 Å². The van der Waals surface area contributed by atoms with Crippen LogP contribution in [-0.2, 0) is 28.4 Å². The smallest absolute Gasteiger partial charge is 0.104 e. The highest BCUT2D eigenvalue weighted by molar-refractivity contribution is 4.55. The predicted molar refractivity (Wildman–Crippen MR) is 78.3 cm³/mol. The third-order valence-corrected chi connectivity index (χ3v) is 2.66. The van der Waals surface area contributed by atoms with E-state index in [9.17, 15) is 0 Å². The van der Waals surface area contributed by atoms with Gasteiger partial charge in [-0.3, -0.25) is 0 Å². The molecule has 0 atom stereocenters. The van der Waals surface area contributed by atoms with Crippen LogP contribution in [-0.4, -0.2) is 81.3 Å². The molecule has 0 aliphatic rings. The second-order valence-corrected chi connectivity index (χ2v) is 4.19. The summed E-state index contributed by atoms with van der Waals surface area (Å²) in [5.41, 5.74) is 0. The monoisotopic (exact) mass is 296 g/mol. The lowest BCUT2D eigenvalue weighted by atomic mass is 10.2. The molecule has 0 saturated carbocycles. The largest absolute Gasteiger partial charge is 0.385 e. The van der Waals surface area contributed by atoms with Gasteiger partial charge in [-0.05, 0) is 12.8 Å². The molecule has 0 saturated heterocycles. The molecule has 0 rings (SSSR count). The van der Waals surface area contributed by atoms with Crippen LogP contribution >= 0.6 is 0 Å². The van der Waals surface area contributed by atoms with Crippen molar-refractivity contribution in [1.29, 1.82) is 0 Å². The van der Waals surface area contributed by atoms with E-state index in [0.29, 0.717) is 13.2 Å². The van der Waals surface area contributed by atoms with E-state index in [1.54, 1.807) is 42.7 Å². The third kappa shape index (κ3) is 15.8. The lowest BCUT2D eigenvalue weighted by Gasteiger charge is -2.13. The van der Waals surface area contributed by atoms with Crippen molar-refractivity contribution in [3.05, 3.63) is 0 Å². The molecule has 0 aromatic carbocycles. The Morgan fingerprint density at radius 1 is 0.550 bits per heavy atom. The van der Waals surface area contributed by atoms with E-state index in [-0.39, 0.29) is 12.2 Å². The minimum Gasteiger partial charge on any atom is -0.385 e. The second-order valence-electron chi connectivity index (χ2n) is 4.19. The first-order chi connectivity index (χ1) is 9.69. The molecule has 0 unspecified atom stereocenters. The van der Waals surface area contributed by atoms with Gasteiger partial charge < -0.3 is 28.4 Å². The minimum absolute atomic E-state index is 0.0694. The number of rotatable bonds is 12. The van der Waals surface area contributed by atoms with E-state index < -0.39 is 0 Å². The Bertz CT molecular complexity index is 154.